The van der Waals surface area contributed by atoms with E-state index in [1.54, 1.807) is 38.1 Å². The Morgan fingerprint density at radius 3 is 2.37 bits per heavy atom. The van der Waals surface area contributed by atoms with Gasteiger partial charge in [0.2, 0.25) is 0 Å². The van der Waals surface area contributed by atoms with E-state index in [0.29, 0.717) is 32.1 Å². The zero-order chi connectivity index (χ0) is 27.4. The lowest BCUT2D eigenvalue weighted by Gasteiger charge is -2.18. The second kappa shape index (κ2) is 12.2. The Morgan fingerprint density at radius 1 is 1.03 bits per heavy atom. The quantitative estimate of drug-likeness (QED) is 0.130. The van der Waals surface area contributed by atoms with Crippen molar-refractivity contribution in [2.75, 3.05) is 13.2 Å². The Labute approximate surface area is 234 Å². The van der Waals surface area contributed by atoms with Crippen molar-refractivity contribution in [2.24, 2.45) is 0 Å². The van der Waals surface area contributed by atoms with Crippen LogP contribution >= 0.6 is 54.3 Å². The summed E-state index contributed by atoms with van der Waals surface area (Å²) in [6.45, 7) is 3.31. The van der Waals surface area contributed by atoms with Crippen molar-refractivity contribution in [1.82, 2.24) is 9.31 Å². The Morgan fingerprint density at radius 2 is 1.68 bits per heavy atom. The minimum Gasteiger partial charge on any atom is -0.408 e. The van der Waals surface area contributed by atoms with Crippen LogP contribution in [0.5, 0.6) is 0 Å². The number of oxazole rings is 1. The lowest BCUT2D eigenvalue weighted by atomic mass is 10.3. The number of aromatic nitrogens is 2. The Bertz CT molecular complexity index is 1720. The van der Waals surface area contributed by atoms with Gasteiger partial charge in [0.05, 0.1) is 34.2 Å². The molecule has 200 valence electrons. The van der Waals surface area contributed by atoms with Crippen molar-refractivity contribution in [2.45, 2.75) is 25.6 Å². The fraction of sp³-hybridized carbons (Fsp3) is 0.261. The third-order valence-corrected chi connectivity index (χ3v) is 10.3. The number of hydrogen-bond acceptors (Lipinski definition) is 10. The van der Waals surface area contributed by atoms with Gasteiger partial charge >= 0.3 is 13.4 Å². The van der Waals surface area contributed by atoms with Crippen molar-refractivity contribution in [3.05, 3.63) is 76.9 Å². The van der Waals surface area contributed by atoms with Gasteiger partial charge in [0.15, 0.2) is 16.5 Å². The maximum Gasteiger partial charge on any atom is 0.420 e. The molecule has 0 N–H and O–H groups in total. The van der Waals surface area contributed by atoms with E-state index in [2.05, 4.69) is 0 Å². The molecule has 0 aliphatic rings. The molecule has 10 nitrogen and oxygen atoms in total. The Balaban J connectivity index is 1.73. The van der Waals surface area contributed by atoms with Crippen LogP contribution in [0.25, 0.3) is 22.1 Å². The van der Waals surface area contributed by atoms with Gasteiger partial charge in [-0.25, -0.2) is 4.79 Å². The average molecular weight is 616 g/mol. The summed E-state index contributed by atoms with van der Waals surface area (Å²) < 4.78 is 37.9. The van der Waals surface area contributed by atoms with Crippen LogP contribution in [0, 0.1) is 11.3 Å². The number of nitrogens with zero attached hydrogens (tertiary/aromatic N) is 3. The zero-order valence-corrected chi connectivity index (χ0v) is 24.1. The molecule has 0 atom stereocenters. The molecule has 0 bridgehead atoms. The van der Waals surface area contributed by atoms with Gasteiger partial charge in [-0.05, 0) is 44.2 Å². The molecule has 4 aromatic rings. The summed E-state index contributed by atoms with van der Waals surface area (Å²) in [5, 5.41) is 10.9. The Kier molecular flexibility index (Phi) is 9.21. The maximum absolute atomic E-state index is 13.6. The van der Waals surface area contributed by atoms with E-state index in [-0.39, 0.29) is 34.5 Å². The van der Waals surface area contributed by atoms with Crippen LogP contribution in [0.4, 0.5) is 0 Å². The van der Waals surface area contributed by atoms with Crippen LogP contribution < -0.4 is 11.3 Å². The van der Waals surface area contributed by atoms with Crippen molar-refractivity contribution in [3.63, 3.8) is 0 Å². The van der Waals surface area contributed by atoms with E-state index in [4.69, 9.17) is 41.2 Å². The summed E-state index contributed by atoms with van der Waals surface area (Å²) in [6, 6.07) is 11.4. The molecular formula is C23H20Cl2N3O7PS2. The summed E-state index contributed by atoms with van der Waals surface area (Å²) in [4.78, 5) is 25.4. The lowest BCUT2D eigenvalue weighted by Crippen LogP contribution is -2.14. The molecule has 0 saturated carbocycles. The normalized spacial score (nSPS) is 12.7. The summed E-state index contributed by atoms with van der Waals surface area (Å²) >= 11 is 14.1. The van der Waals surface area contributed by atoms with E-state index in [1.165, 1.54) is 16.7 Å². The van der Waals surface area contributed by atoms with Crippen molar-refractivity contribution < 1.29 is 22.6 Å². The van der Waals surface area contributed by atoms with Gasteiger partial charge in [0, 0.05) is 16.1 Å². The fourth-order valence-electron chi connectivity index (χ4n) is 3.43. The molecule has 38 heavy (non-hydrogen) atoms. The molecular weight excluding hydrogens is 596 g/mol. The smallest absolute Gasteiger partial charge is 0.408 e. The van der Waals surface area contributed by atoms with E-state index in [0.717, 1.165) is 28.3 Å². The number of fused-ring (bicyclic) bond motifs is 2. The second-order valence-electron chi connectivity index (χ2n) is 7.45. The van der Waals surface area contributed by atoms with Gasteiger partial charge in [-0.15, -0.1) is 0 Å². The molecule has 0 unspecified atom stereocenters. The summed E-state index contributed by atoms with van der Waals surface area (Å²) in [5.41, 5.74) is 0.689. The van der Waals surface area contributed by atoms with Gasteiger partial charge < -0.3 is 18.0 Å². The number of thioether (sulfide) groups is 2. The largest absolute Gasteiger partial charge is 0.420 e. The molecule has 0 aliphatic heterocycles. The molecule has 0 fully saturated rings. The third-order valence-electron chi connectivity index (χ3n) is 5.05. The molecule has 2 aromatic heterocycles. The van der Waals surface area contributed by atoms with Crippen LogP contribution in [0.2, 0.25) is 10.0 Å². The summed E-state index contributed by atoms with van der Waals surface area (Å²) in [5.74, 6) is -0.724. The van der Waals surface area contributed by atoms with Crippen molar-refractivity contribution >= 4 is 76.4 Å². The predicted octanol–water partition coefficient (Wildman–Crippen LogP) is 6.85. The fourth-order valence-corrected chi connectivity index (χ4v) is 8.10. The number of rotatable bonds is 11. The summed E-state index contributed by atoms with van der Waals surface area (Å²) in [6.07, 6.45) is 0. The molecule has 0 saturated heterocycles. The van der Waals surface area contributed by atoms with Gasteiger partial charge in [0.1, 0.15) is 11.9 Å². The topological polar surface area (TPSA) is 130 Å². The second-order valence-corrected chi connectivity index (χ2v) is 12.5. The molecule has 2 aromatic carbocycles. The number of hydrogen-bond donors (Lipinski definition) is 0. The first-order valence-corrected chi connectivity index (χ1v) is 15.4. The highest BCUT2D eigenvalue weighted by Gasteiger charge is 2.34. The van der Waals surface area contributed by atoms with E-state index >= 15 is 0 Å². The van der Waals surface area contributed by atoms with Gasteiger partial charge in [-0.1, -0.05) is 46.7 Å². The van der Waals surface area contributed by atoms with Crippen LogP contribution in [0.3, 0.4) is 0 Å². The minimum absolute atomic E-state index is 0.0101. The molecule has 0 aliphatic carbocycles. The van der Waals surface area contributed by atoms with Crippen molar-refractivity contribution in [1.29, 1.82) is 5.26 Å². The first-order valence-electron chi connectivity index (χ1n) is 11.1. The van der Waals surface area contributed by atoms with Crippen LogP contribution in [0.1, 0.15) is 13.8 Å². The maximum atomic E-state index is 13.6. The highest BCUT2D eigenvalue weighted by Crippen LogP contribution is 2.59. The zero-order valence-electron chi connectivity index (χ0n) is 20.0. The number of nitriles is 1. The molecule has 2 heterocycles. The number of benzene rings is 2. The van der Waals surface area contributed by atoms with E-state index in [9.17, 15) is 19.4 Å². The number of halogens is 2. The number of allylic oxidation sites excluding steroid dienone is 1. The highest BCUT2D eigenvalue weighted by atomic mass is 35.5. The lowest BCUT2D eigenvalue weighted by molar-refractivity contribution is 0.227. The molecule has 0 amide bonds. The van der Waals surface area contributed by atoms with Gasteiger partial charge in [-0.3, -0.25) is 13.9 Å². The van der Waals surface area contributed by atoms with E-state index in [1.807, 2.05) is 6.07 Å². The van der Waals surface area contributed by atoms with E-state index < -0.39 is 18.9 Å². The first kappa shape index (κ1) is 28.6. The monoisotopic (exact) mass is 615 g/mol. The first-order chi connectivity index (χ1) is 18.2. The van der Waals surface area contributed by atoms with Crippen LogP contribution in [0.15, 0.2) is 64.5 Å². The Hall–Kier alpha value is -2.36. The third kappa shape index (κ3) is 5.95. The predicted molar refractivity (Wildman–Crippen MR) is 150 cm³/mol. The molecule has 4 rings (SSSR count). The molecule has 0 spiro atoms. The molecule has 15 heteroatoms. The van der Waals surface area contributed by atoms with Gasteiger partial charge in [0.25, 0.3) is 5.56 Å². The summed E-state index contributed by atoms with van der Waals surface area (Å²) in [7, 11) is -4.01. The van der Waals surface area contributed by atoms with Crippen LogP contribution in [-0.2, 0) is 25.4 Å². The van der Waals surface area contributed by atoms with Crippen LogP contribution in [-0.4, -0.2) is 22.5 Å². The standard InChI is InChI=1S/C23H20Cl2N3O7PS2/c1-3-32-36(31,33-4-2)20(11-26)22(37-12-27-17-7-5-15(25)10-19(17)34-23(27)30)38-13-28-21(29)16-9-14(24)6-8-18(16)35-28/h5-10H,3-4,12-13H2,1-2H3. The minimum atomic E-state index is -4.01. The van der Waals surface area contributed by atoms with Gasteiger partial charge in [-0.2, -0.15) is 10.0 Å². The average Bonchev–Trinajstić information content (AvgIpc) is 3.35. The molecule has 0 radical (unpaired) electrons. The SMILES string of the molecule is CCOP(=O)(OCC)C(C#N)=C(SCn1oc2ccc(Cl)cc2c1=O)SCn1c(=O)oc2cc(Cl)ccc21. The highest BCUT2D eigenvalue weighted by molar-refractivity contribution is 8.21. The van der Waals surface area contributed by atoms with Crippen molar-refractivity contribution in [3.8, 4) is 6.07 Å².